The molecule has 1 aromatic rings. The molecule has 0 bridgehead atoms. The van der Waals surface area contributed by atoms with Crippen molar-refractivity contribution in [2.45, 2.75) is 34.2 Å². The summed E-state index contributed by atoms with van der Waals surface area (Å²) in [5.74, 6) is 0.403. The van der Waals surface area contributed by atoms with Gasteiger partial charge >= 0.3 is 0 Å². The third-order valence-corrected chi connectivity index (χ3v) is 3.47. The average molecular weight is 248 g/mol. The van der Waals surface area contributed by atoms with Crippen LogP contribution in [0.2, 0.25) is 0 Å². The number of hydrogen-bond donors (Lipinski definition) is 2. The zero-order chi connectivity index (χ0) is 13.8. The highest BCUT2D eigenvalue weighted by atomic mass is 16.1. The fraction of sp³-hybridized carbons (Fsp3) is 0.533. The maximum atomic E-state index is 12.0. The Hall–Kier alpha value is -1.35. The quantitative estimate of drug-likeness (QED) is 0.860. The van der Waals surface area contributed by atoms with E-state index in [4.69, 9.17) is 5.73 Å². The Bertz CT molecular complexity index is 407. The largest absolute Gasteiger partial charge is 0.352 e. The molecule has 3 N–H and O–H groups in total. The van der Waals surface area contributed by atoms with Crippen LogP contribution in [0.3, 0.4) is 0 Å². The van der Waals surface area contributed by atoms with Gasteiger partial charge in [-0.25, -0.2) is 0 Å². The zero-order valence-corrected chi connectivity index (χ0v) is 11.8. The van der Waals surface area contributed by atoms with Crippen molar-refractivity contribution in [3.63, 3.8) is 0 Å². The lowest BCUT2D eigenvalue weighted by Crippen LogP contribution is -2.33. The highest BCUT2D eigenvalue weighted by molar-refractivity contribution is 5.94. The summed E-state index contributed by atoms with van der Waals surface area (Å²) < 4.78 is 0. The molecule has 3 nitrogen and oxygen atoms in total. The predicted octanol–water partition coefficient (Wildman–Crippen LogP) is 2.56. The van der Waals surface area contributed by atoms with Gasteiger partial charge < -0.3 is 11.1 Å². The molecule has 1 rings (SSSR count). The normalized spacial score (nSPS) is 13.2. The van der Waals surface area contributed by atoms with Gasteiger partial charge in [0.1, 0.15) is 0 Å². The first-order valence-corrected chi connectivity index (χ1v) is 6.42. The van der Waals surface area contributed by atoms with Crippen LogP contribution in [-0.4, -0.2) is 12.5 Å². The molecule has 0 saturated heterocycles. The van der Waals surface area contributed by atoms with E-state index in [9.17, 15) is 4.79 Å². The monoisotopic (exact) mass is 248 g/mol. The number of rotatable bonds is 4. The van der Waals surface area contributed by atoms with Crippen molar-refractivity contribution < 1.29 is 4.79 Å². The third-order valence-electron chi connectivity index (χ3n) is 3.47. The van der Waals surface area contributed by atoms with Gasteiger partial charge in [-0.1, -0.05) is 39.8 Å². The Labute approximate surface area is 110 Å². The van der Waals surface area contributed by atoms with Crippen LogP contribution in [-0.2, 0) is 6.54 Å². The van der Waals surface area contributed by atoms with E-state index in [1.165, 1.54) is 0 Å². The molecular weight excluding hydrogens is 224 g/mol. The second-order valence-corrected chi connectivity index (χ2v) is 5.88. The van der Waals surface area contributed by atoms with Gasteiger partial charge in [-0.05, 0) is 29.0 Å². The van der Waals surface area contributed by atoms with Gasteiger partial charge in [0.25, 0.3) is 5.91 Å². The molecule has 100 valence electrons. The fourth-order valence-corrected chi connectivity index (χ4v) is 1.49. The highest BCUT2D eigenvalue weighted by Gasteiger charge is 2.20. The molecule has 1 unspecified atom stereocenters. The fourth-order valence-electron chi connectivity index (χ4n) is 1.49. The molecule has 0 saturated carbocycles. The minimum atomic E-state index is -0.0265. The van der Waals surface area contributed by atoms with Gasteiger partial charge in [0.2, 0.25) is 0 Å². The van der Waals surface area contributed by atoms with E-state index >= 15 is 0 Å². The zero-order valence-electron chi connectivity index (χ0n) is 11.8. The van der Waals surface area contributed by atoms with Crippen molar-refractivity contribution in [2.75, 3.05) is 6.54 Å². The van der Waals surface area contributed by atoms with Gasteiger partial charge in [0.15, 0.2) is 0 Å². The van der Waals surface area contributed by atoms with Crippen LogP contribution in [0.4, 0.5) is 0 Å². The molecule has 0 aliphatic heterocycles. The van der Waals surface area contributed by atoms with E-state index in [-0.39, 0.29) is 11.3 Å². The van der Waals surface area contributed by atoms with Crippen LogP contribution in [0.25, 0.3) is 0 Å². The van der Waals surface area contributed by atoms with Crippen LogP contribution >= 0.6 is 0 Å². The predicted molar refractivity (Wildman–Crippen MR) is 75.3 cm³/mol. The molecule has 0 fully saturated rings. The molecule has 0 aliphatic carbocycles. The van der Waals surface area contributed by atoms with Crippen LogP contribution in [0, 0.1) is 11.3 Å². The number of nitrogens with two attached hydrogens (primary N) is 1. The number of carbonyl (C=O) groups excluding carboxylic acids is 1. The summed E-state index contributed by atoms with van der Waals surface area (Å²) in [5, 5.41) is 2.98. The molecule has 0 radical (unpaired) electrons. The summed E-state index contributed by atoms with van der Waals surface area (Å²) in [6.07, 6.45) is 0. The van der Waals surface area contributed by atoms with Gasteiger partial charge in [-0.3, -0.25) is 4.79 Å². The number of amides is 1. The first-order valence-electron chi connectivity index (χ1n) is 6.42. The topological polar surface area (TPSA) is 55.1 Å². The van der Waals surface area contributed by atoms with Crippen molar-refractivity contribution in [1.82, 2.24) is 5.32 Å². The molecular formula is C15H24N2O. The van der Waals surface area contributed by atoms with Crippen molar-refractivity contribution >= 4 is 5.91 Å². The summed E-state index contributed by atoms with van der Waals surface area (Å²) in [6, 6.07) is 7.45. The average Bonchev–Trinajstić information content (AvgIpc) is 2.34. The number of benzene rings is 1. The number of carbonyl (C=O) groups is 1. The van der Waals surface area contributed by atoms with Crippen LogP contribution in [0.1, 0.15) is 43.6 Å². The van der Waals surface area contributed by atoms with E-state index in [0.717, 1.165) is 5.56 Å². The first-order chi connectivity index (χ1) is 8.34. The number of hydrogen-bond acceptors (Lipinski definition) is 2. The smallest absolute Gasteiger partial charge is 0.251 e. The minimum Gasteiger partial charge on any atom is -0.352 e. The minimum absolute atomic E-state index is 0.0265. The summed E-state index contributed by atoms with van der Waals surface area (Å²) in [7, 11) is 0. The summed E-state index contributed by atoms with van der Waals surface area (Å²) in [6.45, 7) is 9.84. The van der Waals surface area contributed by atoms with Crippen molar-refractivity contribution in [3.05, 3.63) is 35.4 Å². The molecule has 3 heteroatoms. The molecule has 1 atom stereocenters. The highest BCUT2D eigenvalue weighted by Crippen LogP contribution is 2.24. The lowest BCUT2D eigenvalue weighted by molar-refractivity contribution is 0.0937. The summed E-state index contributed by atoms with van der Waals surface area (Å²) >= 11 is 0. The second-order valence-electron chi connectivity index (χ2n) is 5.88. The van der Waals surface area contributed by atoms with Crippen LogP contribution in [0.5, 0.6) is 0 Å². The maximum Gasteiger partial charge on any atom is 0.251 e. The molecule has 0 aliphatic rings. The SMILES string of the molecule is CC(CNC(=O)c1cccc(CN)c1)C(C)(C)C. The molecule has 0 heterocycles. The molecule has 0 aromatic heterocycles. The van der Waals surface area contributed by atoms with Gasteiger partial charge in [0, 0.05) is 18.7 Å². The van der Waals surface area contributed by atoms with E-state index in [1.54, 1.807) is 0 Å². The Balaban J connectivity index is 2.60. The summed E-state index contributed by atoms with van der Waals surface area (Å²) in [5.41, 5.74) is 7.43. The Morgan fingerprint density at radius 2 is 2.06 bits per heavy atom. The van der Waals surface area contributed by atoms with Gasteiger partial charge in [-0.15, -0.1) is 0 Å². The molecule has 0 spiro atoms. The van der Waals surface area contributed by atoms with Gasteiger partial charge in [0.05, 0.1) is 0 Å². The van der Waals surface area contributed by atoms with Crippen molar-refractivity contribution in [3.8, 4) is 0 Å². The number of nitrogens with one attached hydrogen (secondary N) is 1. The van der Waals surface area contributed by atoms with Crippen molar-refractivity contribution in [1.29, 1.82) is 0 Å². The summed E-state index contributed by atoms with van der Waals surface area (Å²) in [4.78, 5) is 12.0. The molecule has 1 aromatic carbocycles. The maximum absolute atomic E-state index is 12.0. The van der Waals surface area contributed by atoms with E-state index in [2.05, 4.69) is 33.0 Å². The Morgan fingerprint density at radius 3 is 2.61 bits per heavy atom. The Morgan fingerprint density at radius 1 is 1.39 bits per heavy atom. The second kappa shape index (κ2) is 6.01. The first kappa shape index (κ1) is 14.7. The van der Waals surface area contributed by atoms with E-state index < -0.39 is 0 Å². The standard InChI is InChI=1S/C15H24N2O/c1-11(15(2,3)4)10-17-14(18)13-7-5-6-12(8-13)9-16/h5-8,11H,9-10,16H2,1-4H3,(H,17,18). The lowest BCUT2D eigenvalue weighted by atomic mass is 9.82. The molecule has 18 heavy (non-hydrogen) atoms. The van der Waals surface area contributed by atoms with E-state index in [0.29, 0.717) is 24.6 Å². The third kappa shape index (κ3) is 4.15. The van der Waals surface area contributed by atoms with Crippen molar-refractivity contribution in [2.24, 2.45) is 17.1 Å². The molecule has 1 amide bonds. The van der Waals surface area contributed by atoms with E-state index in [1.807, 2.05) is 24.3 Å². The van der Waals surface area contributed by atoms with Gasteiger partial charge in [-0.2, -0.15) is 0 Å². The lowest BCUT2D eigenvalue weighted by Gasteiger charge is -2.27. The van der Waals surface area contributed by atoms with Crippen LogP contribution in [0.15, 0.2) is 24.3 Å². The Kier molecular flexibility index (Phi) is 4.91. The van der Waals surface area contributed by atoms with Crippen LogP contribution < -0.4 is 11.1 Å².